The molecule has 19 heavy (non-hydrogen) atoms. The SMILES string of the molecule is Cc1cccc(C(C)/N=C2\CCc3ccccc32)c1. The van der Waals surface area contributed by atoms with Crippen molar-refractivity contribution >= 4 is 5.71 Å². The topological polar surface area (TPSA) is 12.4 Å². The van der Waals surface area contributed by atoms with Gasteiger partial charge in [0.05, 0.1) is 6.04 Å². The molecule has 1 nitrogen and oxygen atoms in total. The summed E-state index contributed by atoms with van der Waals surface area (Å²) in [5.41, 5.74) is 6.66. The van der Waals surface area contributed by atoms with Gasteiger partial charge in [0.25, 0.3) is 0 Å². The van der Waals surface area contributed by atoms with E-state index in [9.17, 15) is 0 Å². The summed E-state index contributed by atoms with van der Waals surface area (Å²) >= 11 is 0. The minimum atomic E-state index is 0.237. The highest BCUT2D eigenvalue weighted by Crippen LogP contribution is 2.26. The summed E-state index contributed by atoms with van der Waals surface area (Å²) in [7, 11) is 0. The van der Waals surface area contributed by atoms with Crippen LogP contribution in [0.25, 0.3) is 0 Å². The van der Waals surface area contributed by atoms with Gasteiger partial charge < -0.3 is 0 Å². The van der Waals surface area contributed by atoms with E-state index < -0.39 is 0 Å². The summed E-state index contributed by atoms with van der Waals surface area (Å²) < 4.78 is 0. The average molecular weight is 249 g/mol. The summed E-state index contributed by atoms with van der Waals surface area (Å²) in [6.07, 6.45) is 2.21. The first kappa shape index (κ1) is 12.2. The Morgan fingerprint density at radius 3 is 2.68 bits per heavy atom. The van der Waals surface area contributed by atoms with Crippen molar-refractivity contribution in [3.05, 3.63) is 70.8 Å². The standard InChI is InChI=1S/C18H19N/c1-13-6-5-8-16(12-13)14(2)19-18-11-10-15-7-3-4-9-17(15)18/h3-9,12,14H,10-11H2,1-2H3/b19-18+. The Bertz CT molecular complexity index is 625. The van der Waals surface area contributed by atoms with E-state index in [1.54, 1.807) is 0 Å². The van der Waals surface area contributed by atoms with Crippen LogP contribution in [0.5, 0.6) is 0 Å². The van der Waals surface area contributed by atoms with Crippen LogP contribution in [0.1, 0.15) is 41.6 Å². The summed E-state index contributed by atoms with van der Waals surface area (Å²) in [5.74, 6) is 0. The molecule has 0 aromatic heterocycles. The third kappa shape index (κ3) is 2.46. The fourth-order valence-electron chi connectivity index (χ4n) is 2.78. The number of hydrogen-bond donors (Lipinski definition) is 0. The summed E-state index contributed by atoms with van der Waals surface area (Å²) in [6.45, 7) is 4.32. The molecular weight excluding hydrogens is 230 g/mol. The van der Waals surface area contributed by atoms with Gasteiger partial charge in [0.2, 0.25) is 0 Å². The molecule has 0 bridgehead atoms. The van der Waals surface area contributed by atoms with E-state index in [4.69, 9.17) is 4.99 Å². The molecule has 3 rings (SSSR count). The smallest absolute Gasteiger partial charge is 0.0724 e. The van der Waals surface area contributed by atoms with Crippen LogP contribution in [0.2, 0.25) is 0 Å². The van der Waals surface area contributed by atoms with Gasteiger partial charge >= 0.3 is 0 Å². The Hall–Kier alpha value is -1.89. The molecule has 0 N–H and O–H groups in total. The Morgan fingerprint density at radius 2 is 1.84 bits per heavy atom. The number of aryl methyl sites for hydroxylation is 2. The third-order valence-electron chi connectivity index (χ3n) is 3.83. The van der Waals surface area contributed by atoms with Crippen LogP contribution < -0.4 is 0 Å². The van der Waals surface area contributed by atoms with Gasteiger partial charge in [-0.2, -0.15) is 0 Å². The van der Waals surface area contributed by atoms with Crippen molar-refractivity contribution in [3.63, 3.8) is 0 Å². The lowest BCUT2D eigenvalue weighted by Gasteiger charge is -2.10. The van der Waals surface area contributed by atoms with Crippen molar-refractivity contribution in [1.82, 2.24) is 0 Å². The number of fused-ring (bicyclic) bond motifs is 1. The van der Waals surface area contributed by atoms with Crippen molar-refractivity contribution in [1.29, 1.82) is 0 Å². The summed E-state index contributed by atoms with van der Waals surface area (Å²) in [5, 5.41) is 0. The van der Waals surface area contributed by atoms with Crippen molar-refractivity contribution in [2.75, 3.05) is 0 Å². The highest BCUT2D eigenvalue weighted by Gasteiger charge is 2.17. The molecule has 1 unspecified atom stereocenters. The molecule has 0 radical (unpaired) electrons. The largest absolute Gasteiger partial charge is 0.281 e. The molecule has 2 aromatic carbocycles. The molecule has 0 saturated carbocycles. The van der Waals surface area contributed by atoms with Gasteiger partial charge in [-0.1, -0.05) is 54.1 Å². The van der Waals surface area contributed by atoms with Crippen LogP contribution in [0.15, 0.2) is 53.5 Å². The molecule has 0 heterocycles. The van der Waals surface area contributed by atoms with Gasteiger partial charge in [0.1, 0.15) is 0 Å². The van der Waals surface area contributed by atoms with E-state index >= 15 is 0 Å². The molecule has 0 amide bonds. The van der Waals surface area contributed by atoms with Crippen molar-refractivity contribution in [2.45, 2.75) is 32.7 Å². The van der Waals surface area contributed by atoms with E-state index in [1.165, 1.54) is 28.0 Å². The predicted octanol–water partition coefficient (Wildman–Crippen LogP) is 4.49. The summed E-state index contributed by atoms with van der Waals surface area (Å²) in [4.78, 5) is 4.95. The first-order valence-electron chi connectivity index (χ1n) is 6.95. The molecule has 0 fully saturated rings. The van der Waals surface area contributed by atoms with Gasteiger partial charge in [0.15, 0.2) is 0 Å². The summed E-state index contributed by atoms with van der Waals surface area (Å²) in [6, 6.07) is 17.5. The molecule has 96 valence electrons. The molecule has 0 spiro atoms. The quantitative estimate of drug-likeness (QED) is 0.743. The van der Waals surface area contributed by atoms with Gasteiger partial charge in [-0.3, -0.25) is 4.99 Å². The zero-order valence-electron chi connectivity index (χ0n) is 11.6. The predicted molar refractivity (Wildman–Crippen MR) is 80.9 cm³/mol. The highest BCUT2D eigenvalue weighted by molar-refractivity contribution is 6.04. The fourth-order valence-corrected chi connectivity index (χ4v) is 2.78. The molecule has 0 saturated heterocycles. The van der Waals surface area contributed by atoms with Crippen molar-refractivity contribution < 1.29 is 0 Å². The van der Waals surface area contributed by atoms with Crippen LogP contribution in [0.4, 0.5) is 0 Å². The van der Waals surface area contributed by atoms with Crippen LogP contribution in [0, 0.1) is 6.92 Å². The van der Waals surface area contributed by atoms with E-state index in [2.05, 4.69) is 62.4 Å². The molecule has 1 aliphatic carbocycles. The van der Waals surface area contributed by atoms with Crippen LogP contribution in [-0.2, 0) is 6.42 Å². The number of benzene rings is 2. The van der Waals surface area contributed by atoms with Crippen molar-refractivity contribution in [3.8, 4) is 0 Å². The number of hydrogen-bond acceptors (Lipinski definition) is 1. The lowest BCUT2D eigenvalue weighted by molar-refractivity contribution is 0.814. The third-order valence-corrected chi connectivity index (χ3v) is 3.83. The highest BCUT2D eigenvalue weighted by atomic mass is 14.8. The number of aliphatic imine (C=N–C) groups is 1. The second-order valence-corrected chi connectivity index (χ2v) is 5.32. The van der Waals surface area contributed by atoms with E-state index in [-0.39, 0.29) is 6.04 Å². The Morgan fingerprint density at radius 1 is 1.00 bits per heavy atom. The second kappa shape index (κ2) is 5.00. The van der Waals surface area contributed by atoms with Gasteiger partial charge in [0, 0.05) is 5.71 Å². The fraction of sp³-hybridized carbons (Fsp3) is 0.278. The maximum atomic E-state index is 4.95. The van der Waals surface area contributed by atoms with Crippen LogP contribution in [0.3, 0.4) is 0 Å². The lowest BCUT2D eigenvalue weighted by atomic mass is 10.1. The lowest BCUT2D eigenvalue weighted by Crippen LogP contribution is -1.99. The first-order valence-corrected chi connectivity index (χ1v) is 6.95. The molecule has 0 aliphatic heterocycles. The van der Waals surface area contributed by atoms with E-state index in [0.29, 0.717) is 0 Å². The minimum absolute atomic E-state index is 0.237. The Kier molecular flexibility index (Phi) is 3.20. The molecular formula is C18H19N. The Labute approximate surface area is 115 Å². The van der Waals surface area contributed by atoms with Crippen LogP contribution in [-0.4, -0.2) is 5.71 Å². The monoisotopic (exact) mass is 249 g/mol. The van der Waals surface area contributed by atoms with Crippen LogP contribution >= 0.6 is 0 Å². The molecule has 2 aromatic rings. The maximum Gasteiger partial charge on any atom is 0.0724 e. The van der Waals surface area contributed by atoms with E-state index in [1.807, 2.05) is 0 Å². The second-order valence-electron chi connectivity index (χ2n) is 5.32. The zero-order chi connectivity index (χ0) is 13.2. The molecule has 1 heteroatoms. The van der Waals surface area contributed by atoms with Gasteiger partial charge in [-0.05, 0) is 43.4 Å². The normalized spacial score (nSPS) is 17.5. The maximum absolute atomic E-state index is 4.95. The van der Waals surface area contributed by atoms with Gasteiger partial charge in [-0.25, -0.2) is 0 Å². The molecule has 1 atom stereocenters. The van der Waals surface area contributed by atoms with Gasteiger partial charge in [-0.15, -0.1) is 0 Å². The zero-order valence-corrected chi connectivity index (χ0v) is 11.6. The molecule has 1 aliphatic rings. The number of nitrogens with zero attached hydrogens (tertiary/aromatic N) is 1. The first-order chi connectivity index (χ1) is 9.24. The minimum Gasteiger partial charge on any atom is -0.281 e. The van der Waals surface area contributed by atoms with Crippen molar-refractivity contribution in [2.24, 2.45) is 4.99 Å². The Balaban J connectivity index is 1.91. The average Bonchev–Trinajstić information content (AvgIpc) is 2.82. The van der Waals surface area contributed by atoms with E-state index in [0.717, 1.165) is 12.8 Å². The number of rotatable bonds is 2.